The normalized spacial score (nSPS) is 29.8. The van der Waals surface area contributed by atoms with Crippen LogP contribution < -0.4 is 0 Å². The van der Waals surface area contributed by atoms with Crippen molar-refractivity contribution in [3.8, 4) is 0 Å². The molecule has 1 aliphatic carbocycles. The molecule has 0 aromatic rings. The summed E-state index contributed by atoms with van der Waals surface area (Å²) in [6.45, 7) is 3.39. The van der Waals surface area contributed by atoms with Crippen molar-refractivity contribution in [3.63, 3.8) is 0 Å². The Kier molecular flexibility index (Phi) is 5.44. The predicted octanol–water partition coefficient (Wildman–Crippen LogP) is 1.02. The summed E-state index contributed by atoms with van der Waals surface area (Å²) in [7, 11) is 0. The van der Waals surface area contributed by atoms with Gasteiger partial charge in [-0.15, -0.1) is 0 Å². The zero-order valence-corrected chi connectivity index (χ0v) is 10.7. The van der Waals surface area contributed by atoms with Gasteiger partial charge in [0.15, 0.2) is 11.6 Å². The minimum Gasteiger partial charge on any atom is -0.386 e. The van der Waals surface area contributed by atoms with Gasteiger partial charge >= 0.3 is 0 Å². The third-order valence-electron chi connectivity index (χ3n) is 3.08. The van der Waals surface area contributed by atoms with Gasteiger partial charge < -0.3 is 10.2 Å². The summed E-state index contributed by atoms with van der Waals surface area (Å²) in [6.07, 6.45) is 6.01. The molecule has 0 radical (unpaired) electrons. The number of unbranched alkanes of at least 4 members (excludes halogenated alkanes) is 1. The molecule has 0 aliphatic heterocycles. The fourth-order valence-electron chi connectivity index (χ4n) is 2.04. The van der Waals surface area contributed by atoms with Crippen LogP contribution in [0.15, 0.2) is 24.3 Å². The smallest absolute Gasteiger partial charge is 0.184 e. The molecule has 18 heavy (non-hydrogen) atoms. The van der Waals surface area contributed by atoms with Crippen LogP contribution in [0.4, 0.5) is 0 Å². The van der Waals surface area contributed by atoms with Crippen LogP contribution in [0.2, 0.25) is 0 Å². The van der Waals surface area contributed by atoms with Gasteiger partial charge in [-0.25, -0.2) is 0 Å². The molecule has 0 fully saturated rings. The Morgan fingerprint density at radius 2 is 2.22 bits per heavy atom. The lowest BCUT2D eigenvalue weighted by molar-refractivity contribution is -0.141. The highest BCUT2D eigenvalue weighted by Crippen LogP contribution is 2.27. The van der Waals surface area contributed by atoms with Crippen molar-refractivity contribution in [1.29, 1.82) is 0 Å². The van der Waals surface area contributed by atoms with Gasteiger partial charge in [0.25, 0.3) is 0 Å². The largest absolute Gasteiger partial charge is 0.386 e. The fraction of sp³-hybridized carbons (Fsp3) is 0.571. The SMILES string of the molecule is CCC/C=C/[C@H]1C=CC(=O)[C@H](O)[C@@H]1C(=O)C(C)O. The monoisotopic (exact) mass is 252 g/mol. The molecular weight excluding hydrogens is 232 g/mol. The highest BCUT2D eigenvalue weighted by molar-refractivity contribution is 6.00. The van der Waals surface area contributed by atoms with E-state index in [1.54, 1.807) is 6.08 Å². The Hall–Kier alpha value is -1.26. The minimum absolute atomic E-state index is 0.327. The van der Waals surface area contributed by atoms with Gasteiger partial charge in [0.1, 0.15) is 12.2 Å². The number of aliphatic hydroxyl groups excluding tert-OH is 2. The van der Waals surface area contributed by atoms with Crippen LogP contribution in [-0.4, -0.2) is 34.0 Å². The summed E-state index contributed by atoms with van der Waals surface area (Å²) in [4.78, 5) is 23.3. The zero-order valence-electron chi connectivity index (χ0n) is 10.7. The van der Waals surface area contributed by atoms with Crippen LogP contribution in [0.1, 0.15) is 26.7 Å². The van der Waals surface area contributed by atoms with Gasteiger partial charge in [-0.1, -0.05) is 31.6 Å². The number of allylic oxidation sites excluding steroid dienone is 3. The van der Waals surface area contributed by atoms with Crippen LogP contribution >= 0.6 is 0 Å². The van der Waals surface area contributed by atoms with Crippen LogP contribution in [0.3, 0.4) is 0 Å². The van der Waals surface area contributed by atoms with E-state index >= 15 is 0 Å². The lowest BCUT2D eigenvalue weighted by Gasteiger charge is -2.28. The first kappa shape index (κ1) is 14.8. The van der Waals surface area contributed by atoms with Crippen LogP contribution in [0.5, 0.6) is 0 Å². The van der Waals surface area contributed by atoms with E-state index in [4.69, 9.17) is 0 Å². The molecule has 4 nitrogen and oxygen atoms in total. The van der Waals surface area contributed by atoms with Crippen molar-refractivity contribution >= 4 is 11.6 Å². The average molecular weight is 252 g/mol. The molecule has 1 aliphatic rings. The second-order valence-electron chi connectivity index (χ2n) is 4.60. The molecule has 2 N–H and O–H groups in total. The van der Waals surface area contributed by atoms with Crippen LogP contribution in [-0.2, 0) is 9.59 Å². The van der Waals surface area contributed by atoms with E-state index in [1.165, 1.54) is 13.0 Å². The van der Waals surface area contributed by atoms with E-state index in [2.05, 4.69) is 0 Å². The number of Topliss-reactive ketones (excluding diaryl/α,β-unsaturated/α-hetero) is 1. The second-order valence-corrected chi connectivity index (χ2v) is 4.60. The average Bonchev–Trinajstić information content (AvgIpc) is 2.33. The number of hydrogen-bond acceptors (Lipinski definition) is 4. The number of rotatable bonds is 5. The van der Waals surface area contributed by atoms with E-state index in [0.29, 0.717) is 0 Å². The van der Waals surface area contributed by atoms with Crippen molar-refractivity contribution in [2.45, 2.75) is 38.9 Å². The van der Waals surface area contributed by atoms with Gasteiger partial charge in [0.2, 0.25) is 0 Å². The van der Waals surface area contributed by atoms with Gasteiger partial charge in [0, 0.05) is 5.92 Å². The molecule has 4 heteroatoms. The molecular formula is C14H20O4. The summed E-state index contributed by atoms with van der Waals surface area (Å²) < 4.78 is 0. The summed E-state index contributed by atoms with van der Waals surface area (Å²) >= 11 is 0. The molecule has 0 aromatic heterocycles. The third-order valence-corrected chi connectivity index (χ3v) is 3.08. The Morgan fingerprint density at radius 3 is 2.78 bits per heavy atom. The van der Waals surface area contributed by atoms with Gasteiger partial charge in [-0.3, -0.25) is 9.59 Å². The van der Waals surface area contributed by atoms with Crippen LogP contribution in [0, 0.1) is 11.8 Å². The van der Waals surface area contributed by atoms with E-state index in [-0.39, 0.29) is 5.92 Å². The molecule has 0 aromatic carbocycles. The topological polar surface area (TPSA) is 74.6 Å². The molecule has 0 saturated carbocycles. The molecule has 0 bridgehead atoms. The van der Waals surface area contributed by atoms with Gasteiger partial charge in [-0.05, 0) is 19.4 Å². The van der Waals surface area contributed by atoms with Crippen molar-refractivity contribution in [1.82, 2.24) is 0 Å². The standard InChI is InChI=1S/C14H20O4/c1-3-4-5-6-10-7-8-11(16)14(18)12(10)13(17)9(2)15/h5-10,12,14-15,18H,3-4H2,1-2H3/b6-5+/t9?,10-,12-,14-/m0/s1. The summed E-state index contributed by atoms with van der Waals surface area (Å²) in [6, 6.07) is 0. The molecule has 1 rings (SSSR count). The summed E-state index contributed by atoms with van der Waals surface area (Å²) in [5.41, 5.74) is 0. The molecule has 0 saturated heterocycles. The third kappa shape index (κ3) is 3.37. The van der Waals surface area contributed by atoms with E-state index < -0.39 is 29.7 Å². The van der Waals surface area contributed by atoms with Crippen LogP contribution in [0.25, 0.3) is 0 Å². The predicted molar refractivity (Wildman–Crippen MR) is 67.9 cm³/mol. The Labute approximate surface area is 107 Å². The van der Waals surface area contributed by atoms with E-state index in [0.717, 1.165) is 12.8 Å². The van der Waals surface area contributed by atoms with Crippen molar-refractivity contribution < 1.29 is 19.8 Å². The van der Waals surface area contributed by atoms with Gasteiger partial charge in [0.05, 0.1) is 5.92 Å². The highest BCUT2D eigenvalue weighted by Gasteiger charge is 2.39. The maximum atomic E-state index is 11.9. The fourth-order valence-corrected chi connectivity index (χ4v) is 2.04. The first-order valence-corrected chi connectivity index (χ1v) is 6.27. The maximum Gasteiger partial charge on any atom is 0.184 e. The first-order valence-electron chi connectivity index (χ1n) is 6.27. The molecule has 0 spiro atoms. The van der Waals surface area contributed by atoms with E-state index in [1.807, 2.05) is 19.1 Å². The quantitative estimate of drug-likeness (QED) is 0.716. The maximum absolute atomic E-state index is 11.9. The Bertz CT molecular complexity index is 368. The summed E-state index contributed by atoms with van der Waals surface area (Å²) in [5, 5.41) is 19.2. The zero-order chi connectivity index (χ0) is 13.7. The number of aliphatic hydroxyl groups is 2. The first-order chi connectivity index (χ1) is 8.49. The lowest BCUT2D eigenvalue weighted by Crippen LogP contribution is -2.44. The molecule has 0 heterocycles. The van der Waals surface area contributed by atoms with Crippen molar-refractivity contribution in [3.05, 3.63) is 24.3 Å². The Balaban J connectivity index is 2.94. The lowest BCUT2D eigenvalue weighted by atomic mass is 9.77. The van der Waals surface area contributed by atoms with Gasteiger partial charge in [-0.2, -0.15) is 0 Å². The van der Waals surface area contributed by atoms with Crippen molar-refractivity contribution in [2.75, 3.05) is 0 Å². The second kappa shape index (κ2) is 6.61. The molecule has 0 amide bonds. The van der Waals surface area contributed by atoms with Crippen molar-refractivity contribution in [2.24, 2.45) is 11.8 Å². The molecule has 4 atom stereocenters. The number of hydrogen-bond donors (Lipinski definition) is 2. The number of carbonyl (C=O) groups excluding carboxylic acids is 2. The highest BCUT2D eigenvalue weighted by atomic mass is 16.3. The number of ketones is 2. The van der Waals surface area contributed by atoms with E-state index in [9.17, 15) is 19.8 Å². The summed E-state index contributed by atoms with van der Waals surface area (Å²) in [5.74, 6) is -2.18. The molecule has 1 unspecified atom stereocenters. The minimum atomic E-state index is -1.35. The molecule has 100 valence electrons. The number of carbonyl (C=O) groups is 2. The Morgan fingerprint density at radius 1 is 1.56 bits per heavy atom.